The predicted octanol–water partition coefficient (Wildman–Crippen LogP) is 7.53. The van der Waals surface area contributed by atoms with Gasteiger partial charge in [-0.2, -0.15) is 0 Å². The Morgan fingerprint density at radius 3 is 1.25 bits per heavy atom. The van der Waals surface area contributed by atoms with Gasteiger partial charge in [-0.15, -0.1) is 0 Å². The molecule has 0 spiro atoms. The van der Waals surface area contributed by atoms with Crippen LogP contribution >= 0.6 is 11.6 Å². The molecule has 2 fully saturated rings. The summed E-state index contributed by atoms with van der Waals surface area (Å²) in [5.74, 6) is -2.93. The topological polar surface area (TPSA) is 54.5 Å². The standard InChI is InChI=1S/C39H26ClNO3/c40-29-23-13-14-24-30(29)41-35(42)33-34(36(41)43)39(28-21-11-4-12-22-28)32(26-17-7-2-8-18-26)31(25-15-5-1-6-16-25)38(33,37(39)44)27-19-9-3-10-20-27/h1-24,33-34H/t33-,34+,38-,39+. The number of fused-ring (bicyclic) bond motifs is 5. The fraction of sp³-hybridized carbons (Fsp3) is 0.103. The zero-order valence-corrected chi connectivity index (χ0v) is 24.3. The molecule has 0 radical (unpaired) electrons. The van der Waals surface area contributed by atoms with E-state index in [1.54, 1.807) is 24.3 Å². The number of imide groups is 1. The lowest BCUT2D eigenvalue weighted by atomic mass is 9.59. The minimum Gasteiger partial charge on any atom is -0.297 e. The second-order valence-corrected chi connectivity index (χ2v) is 12.0. The number of anilines is 1. The Morgan fingerprint density at radius 1 is 0.477 bits per heavy atom. The molecule has 5 heteroatoms. The van der Waals surface area contributed by atoms with Crippen molar-refractivity contribution in [2.45, 2.75) is 10.8 Å². The lowest BCUT2D eigenvalue weighted by Crippen LogP contribution is -2.45. The number of nitrogens with zero attached hydrogens (tertiary/aromatic N) is 1. The van der Waals surface area contributed by atoms with Crippen molar-refractivity contribution in [3.8, 4) is 0 Å². The van der Waals surface area contributed by atoms with Gasteiger partial charge in [-0.1, -0.05) is 145 Å². The Hall–Kier alpha value is -5.06. The van der Waals surface area contributed by atoms with E-state index in [0.29, 0.717) is 21.8 Å². The highest BCUT2D eigenvalue weighted by molar-refractivity contribution is 6.41. The average Bonchev–Trinajstić information content (AvgIpc) is 3.59. The molecule has 2 aliphatic carbocycles. The molecule has 8 rings (SSSR count). The van der Waals surface area contributed by atoms with Crippen molar-refractivity contribution < 1.29 is 14.4 Å². The smallest absolute Gasteiger partial charge is 0.239 e. The summed E-state index contributed by atoms with van der Waals surface area (Å²) in [6.07, 6.45) is 0. The molecule has 4 atom stereocenters. The molecule has 3 aliphatic rings. The van der Waals surface area contributed by atoms with Crippen molar-refractivity contribution in [3.05, 3.63) is 173 Å². The van der Waals surface area contributed by atoms with Crippen molar-refractivity contribution in [1.29, 1.82) is 0 Å². The van der Waals surface area contributed by atoms with E-state index in [1.807, 2.05) is 121 Å². The highest BCUT2D eigenvalue weighted by Crippen LogP contribution is 2.74. The maximum absolute atomic E-state index is 15.8. The third kappa shape index (κ3) is 3.21. The highest BCUT2D eigenvalue weighted by Gasteiger charge is 2.82. The van der Waals surface area contributed by atoms with E-state index in [0.717, 1.165) is 22.3 Å². The number of carbonyl (C=O) groups excluding carboxylic acids is 3. The molecule has 1 aliphatic heterocycles. The quantitative estimate of drug-likeness (QED) is 0.199. The molecule has 5 aromatic carbocycles. The fourth-order valence-electron chi connectivity index (χ4n) is 8.20. The van der Waals surface area contributed by atoms with Gasteiger partial charge in [-0.25, -0.2) is 4.90 Å². The van der Waals surface area contributed by atoms with E-state index in [1.165, 1.54) is 4.90 Å². The summed E-state index contributed by atoms with van der Waals surface area (Å²) < 4.78 is 0. The zero-order valence-electron chi connectivity index (χ0n) is 23.6. The number of hydrogen-bond donors (Lipinski definition) is 0. The van der Waals surface area contributed by atoms with Crippen LogP contribution in [0.2, 0.25) is 5.02 Å². The Kier molecular flexibility index (Phi) is 5.87. The summed E-state index contributed by atoms with van der Waals surface area (Å²) in [6.45, 7) is 0. The van der Waals surface area contributed by atoms with Gasteiger partial charge >= 0.3 is 0 Å². The Morgan fingerprint density at radius 2 is 0.841 bits per heavy atom. The summed E-state index contributed by atoms with van der Waals surface area (Å²) in [7, 11) is 0. The molecule has 1 saturated carbocycles. The van der Waals surface area contributed by atoms with Crippen LogP contribution in [0.1, 0.15) is 22.3 Å². The van der Waals surface area contributed by atoms with Crippen LogP contribution in [0.4, 0.5) is 5.69 Å². The highest BCUT2D eigenvalue weighted by atomic mass is 35.5. The molecule has 1 saturated heterocycles. The second-order valence-electron chi connectivity index (χ2n) is 11.6. The molecule has 44 heavy (non-hydrogen) atoms. The first-order valence-electron chi connectivity index (χ1n) is 14.7. The lowest BCUT2D eigenvalue weighted by molar-refractivity contribution is -0.130. The molecule has 212 valence electrons. The molecular formula is C39H26ClNO3. The number of amides is 2. The number of rotatable bonds is 5. The molecule has 5 aromatic rings. The van der Waals surface area contributed by atoms with Crippen molar-refractivity contribution in [1.82, 2.24) is 0 Å². The lowest BCUT2D eigenvalue weighted by Gasteiger charge is -2.39. The Balaban J connectivity index is 1.57. The van der Waals surface area contributed by atoms with Crippen LogP contribution in [0, 0.1) is 11.8 Å². The summed E-state index contributed by atoms with van der Waals surface area (Å²) >= 11 is 6.64. The fourth-order valence-corrected chi connectivity index (χ4v) is 8.42. The van der Waals surface area contributed by atoms with Crippen molar-refractivity contribution in [2.75, 3.05) is 4.90 Å². The predicted molar refractivity (Wildman–Crippen MR) is 172 cm³/mol. The number of allylic oxidation sites excluding steroid dienone is 2. The summed E-state index contributed by atoms with van der Waals surface area (Å²) in [5, 5.41) is 0.301. The summed E-state index contributed by atoms with van der Waals surface area (Å²) in [5.41, 5.74) is 2.09. The van der Waals surface area contributed by atoms with Crippen LogP contribution < -0.4 is 4.90 Å². The SMILES string of the molecule is O=C1[C@@H]2[C@H](C(=O)N1c1ccccc1Cl)[C@]1(c3ccccc3)C(=O)[C@@]2(c2ccccc2)C(c2ccccc2)=C1c1ccccc1. The number of Topliss-reactive ketones (excluding diaryl/α,β-unsaturated/α-hetero) is 1. The molecule has 1 heterocycles. The number of carbonyl (C=O) groups is 3. The molecule has 0 unspecified atom stereocenters. The van der Waals surface area contributed by atoms with Gasteiger partial charge < -0.3 is 0 Å². The molecule has 2 amide bonds. The third-order valence-electron chi connectivity index (χ3n) is 9.67. The third-order valence-corrected chi connectivity index (χ3v) is 9.99. The maximum Gasteiger partial charge on any atom is 0.239 e. The largest absolute Gasteiger partial charge is 0.297 e. The average molecular weight is 592 g/mol. The number of hydrogen-bond acceptors (Lipinski definition) is 3. The van der Waals surface area contributed by atoms with Gasteiger partial charge in [0.25, 0.3) is 0 Å². The van der Waals surface area contributed by atoms with Gasteiger partial charge in [-0.3, -0.25) is 14.4 Å². The summed E-state index contributed by atoms with van der Waals surface area (Å²) in [4.78, 5) is 46.9. The van der Waals surface area contributed by atoms with E-state index in [2.05, 4.69) is 0 Å². The van der Waals surface area contributed by atoms with Crippen LogP contribution in [0.5, 0.6) is 0 Å². The normalized spacial score (nSPS) is 25.6. The first kappa shape index (κ1) is 26.6. The first-order chi connectivity index (χ1) is 21.5. The zero-order chi connectivity index (χ0) is 30.1. The number of benzene rings is 5. The van der Waals surface area contributed by atoms with Gasteiger partial charge in [0.2, 0.25) is 11.8 Å². The van der Waals surface area contributed by atoms with E-state index in [4.69, 9.17) is 11.6 Å². The molecule has 4 nitrogen and oxygen atoms in total. The number of para-hydroxylation sites is 1. The van der Waals surface area contributed by atoms with E-state index < -0.39 is 34.5 Å². The molecule has 0 aromatic heterocycles. The van der Waals surface area contributed by atoms with Crippen LogP contribution in [0.25, 0.3) is 11.1 Å². The van der Waals surface area contributed by atoms with Crippen molar-refractivity contribution in [2.24, 2.45) is 11.8 Å². The number of halogens is 1. The Bertz CT molecular complexity index is 1870. The van der Waals surface area contributed by atoms with Gasteiger partial charge in [0.1, 0.15) is 0 Å². The van der Waals surface area contributed by atoms with Gasteiger partial charge in [-0.05, 0) is 45.5 Å². The van der Waals surface area contributed by atoms with Gasteiger partial charge in [0, 0.05) is 0 Å². The Labute approximate surface area is 260 Å². The molecule has 2 bridgehead atoms. The van der Waals surface area contributed by atoms with Crippen LogP contribution in [0.15, 0.2) is 146 Å². The molecule has 0 N–H and O–H groups in total. The monoisotopic (exact) mass is 591 g/mol. The van der Waals surface area contributed by atoms with Gasteiger partial charge in [0.05, 0.1) is 33.4 Å². The minimum absolute atomic E-state index is 0.143. The summed E-state index contributed by atoms with van der Waals surface area (Å²) in [6, 6.07) is 45.6. The van der Waals surface area contributed by atoms with E-state index >= 15 is 4.79 Å². The maximum atomic E-state index is 15.8. The van der Waals surface area contributed by atoms with E-state index in [9.17, 15) is 9.59 Å². The van der Waals surface area contributed by atoms with Crippen LogP contribution in [0.3, 0.4) is 0 Å². The van der Waals surface area contributed by atoms with Crippen molar-refractivity contribution >= 4 is 46.0 Å². The number of ketones is 1. The van der Waals surface area contributed by atoms with E-state index in [-0.39, 0.29) is 5.78 Å². The van der Waals surface area contributed by atoms with Crippen molar-refractivity contribution in [3.63, 3.8) is 0 Å². The van der Waals surface area contributed by atoms with Gasteiger partial charge in [0.15, 0.2) is 5.78 Å². The molecular weight excluding hydrogens is 566 g/mol. The van der Waals surface area contributed by atoms with Crippen LogP contribution in [-0.4, -0.2) is 17.6 Å². The minimum atomic E-state index is -1.43. The second kappa shape index (κ2) is 9.73. The first-order valence-corrected chi connectivity index (χ1v) is 15.1. The van der Waals surface area contributed by atoms with Crippen LogP contribution in [-0.2, 0) is 25.2 Å².